The molecule has 28 heavy (non-hydrogen) atoms. The Balaban J connectivity index is 1.26. The lowest BCUT2D eigenvalue weighted by Crippen LogP contribution is -2.48. The highest BCUT2D eigenvalue weighted by molar-refractivity contribution is 7.17. The van der Waals surface area contributed by atoms with Gasteiger partial charge in [-0.3, -0.25) is 9.69 Å². The minimum Gasteiger partial charge on any atom is -0.361 e. The van der Waals surface area contributed by atoms with Crippen LogP contribution in [0.4, 0.5) is 0 Å². The van der Waals surface area contributed by atoms with Gasteiger partial charge in [0.1, 0.15) is 5.76 Å². The van der Waals surface area contributed by atoms with Crippen LogP contribution in [0, 0.1) is 6.92 Å². The molecule has 1 aliphatic carbocycles. The van der Waals surface area contributed by atoms with Crippen LogP contribution in [0.1, 0.15) is 32.3 Å². The van der Waals surface area contributed by atoms with Crippen molar-refractivity contribution in [2.24, 2.45) is 0 Å². The number of carbonyl (C=O) groups excluding carboxylic acids is 1. The fraction of sp³-hybridized carbons (Fsp3) is 0.364. The molecule has 2 aromatic heterocycles. The van der Waals surface area contributed by atoms with Crippen LogP contribution < -0.4 is 0 Å². The smallest absolute Gasteiger partial charge is 0.264 e. The fourth-order valence-corrected chi connectivity index (χ4v) is 5.40. The normalized spacial score (nSPS) is 16.7. The first-order chi connectivity index (χ1) is 13.7. The van der Waals surface area contributed by atoms with Gasteiger partial charge in [-0.15, -0.1) is 11.3 Å². The Morgan fingerprint density at radius 3 is 2.68 bits per heavy atom. The van der Waals surface area contributed by atoms with Crippen molar-refractivity contribution < 1.29 is 9.32 Å². The number of aromatic nitrogens is 1. The van der Waals surface area contributed by atoms with Gasteiger partial charge in [0.25, 0.3) is 5.91 Å². The van der Waals surface area contributed by atoms with Crippen molar-refractivity contribution in [3.05, 3.63) is 63.9 Å². The minimum absolute atomic E-state index is 0.175. The van der Waals surface area contributed by atoms with E-state index in [9.17, 15) is 4.79 Å². The molecule has 3 heterocycles. The highest BCUT2D eigenvalue weighted by Crippen LogP contribution is 2.39. The van der Waals surface area contributed by atoms with Crippen LogP contribution in [0.2, 0.25) is 0 Å². The van der Waals surface area contributed by atoms with Crippen molar-refractivity contribution in [1.29, 1.82) is 0 Å². The summed E-state index contributed by atoms with van der Waals surface area (Å²) in [6.07, 6.45) is 2.09. The predicted octanol–water partition coefficient (Wildman–Crippen LogP) is 3.77. The Morgan fingerprint density at radius 1 is 1.11 bits per heavy atom. The maximum absolute atomic E-state index is 13.1. The van der Waals surface area contributed by atoms with Crippen molar-refractivity contribution in [3.63, 3.8) is 0 Å². The van der Waals surface area contributed by atoms with E-state index in [1.165, 1.54) is 21.6 Å². The molecule has 0 N–H and O–H groups in total. The molecular weight excluding hydrogens is 370 g/mol. The Bertz CT molecular complexity index is 1010. The highest BCUT2D eigenvalue weighted by Gasteiger charge is 2.26. The molecule has 6 heteroatoms. The summed E-state index contributed by atoms with van der Waals surface area (Å²) in [5.74, 6) is 1.01. The van der Waals surface area contributed by atoms with Crippen LogP contribution in [0.15, 0.2) is 40.9 Å². The van der Waals surface area contributed by atoms with E-state index < -0.39 is 0 Å². The van der Waals surface area contributed by atoms with Crippen molar-refractivity contribution >= 4 is 17.2 Å². The molecule has 5 rings (SSSR count). The third-order valence-corrected chi connectivity index (χ3v) is 6.87. The number of benzene rings is 1. The van der Waals surface area contributed by atoms with Crippen molar-refractivity contribution in [2.75, 3.05) is 26.2 Å². The Kier molecular flexibility index (Phi) is 4.53. The lowest BCUT2D eigenvalue weighted by Gasteiger charge is -2.34. The molecule has 0 unspecified atom stereocenters. The van der Waals surface area contributed by atoms with Crippen LogP contribution in [-0.4, -0.2) is 47.0 Å². The number of aryl methyl sites for hydroxylation is 3. The van der Waals surface area contributed by atoms with Crippen LogP contribution >= 0.6 is 11.3 Å². The number of hydrogen-bond donors (Lipinski definition) is 0. The number of thiophene rings is 1. The second kappa shape index (κ2) is 7.18. The van der Waals surface area contributed by atoms with Gasteiger partial charge in [0.15, 0.2) is 0 Å². The van der Waals surface area contributed by atoms with Crippen LogP contribution in [0.3, 0.4) is 0 Å². The molecule has 5 nitrogen and oxygen atoms in total. The summed E-state index contributed by atoms with van der Waals surface area (Å²) in [5.41, 5.74) is 4.99. The Morgan fingerprint density at radius 2 is 1.89 bits per heavy atom. The number of carbonyl (C=O) groups is 1. The predicted molar refractivity (Wildman–Crippen MR) is 110 cm³/mol. The summed E-state index contributed by atoms with van der Waals surface area (Å²) >= 11 is 1.66. The maximum Gasteiger partial charge on any atom is 0.264 e. The van der Waals surface area contributed by atoms with Gasteiger partial charge in [-0.1, -0.05) is 29.4 Å². The van der Waals surface area contributed by atoms with Gasteiger partial charge < -0.3 is 9.42 Å². The summed E-state index contributed by atoms with van der Waals surface area (Å²) < 4.78 is 5.15. The van der Waals surface area contributed by atoms with E-state index in [1.54, 1.807) is 11.3 Å². The minimum atomic E-state index is 0.175. The zero-order chi connectivity index (χ0) is 19.1. The van der Waals surface area contributed by atoms with E-state index in [0.717, 1.165) is 61.9 Å². The molecular formula is C22H23N3O2S. The molecule has 1 amide bonds. The third-order valence-electron chi connectivity index (χ3n) is 5.67. The van der Waals surface area contributed by atoms with Gasteiger partial charge in [0, 0.05) is 43.7 Å². The molecule has 0 spiro atoms. The van der Waals surface area contributed by atoms with Crippen LogP contribution in [0.5, 0.6) is 0 Å². The van der Waals surface area contributed by atoms with Gasteiger partial charge in [-0.2, -0.15) is 0 Å². The molecule has 1 aliphatic heterocycles. The average Bonchev–Trinajstić information content (AvgIpc) is 3.34. The van der Waals surface area contributed by atoms with E-state index in [1.807, 2.05) is 17.9 Å². The highest BCUT2D eigenvalue weighted by atomic mass is 32.1. The lowest BCUT2D eigenvalue weighted by atomic mass is 9.91. The summed E-state index contributed by atoms with van der Waals surface area (Å²) in [7, 11) is 0. The molecule has 1 aromatic carbocycles. The van der Waals surface area contributed by atoms with Gasteiger partial charge in [-0.25, -0.2) is 0 Å². The SMILES string of the molecule is Cc1cc(CN2CCN(C(=O)c3cc4c(s3)-c3ccccc3CC4)CC2)no1. The van der Waals surface area contributed by atoms with Gasteiger partial charge in [0.2, 0.25) is 0 Å². The molecule has 144 valence electrons. The van der Waals surface area contributed by atoms with Crippen molar-refractivity contribution in [3.8, 4) is 10.4 Å². The Labute approximate surface area is 168 Å². The molecule has 2 aliphatic rings. The molecule has 1 saturated heterocycles. The quantitative estimate of drug-likeness (QED) is 0.680. The van der Waals surface area contributed by atoms with Crippen LogP contribution in [-0.2, 0) is 19.4 Å². The van der Waals surface area contributed by atoms with E-state index in [2.05, 4.69) is 40.4 Å². The van der Waals surface area contributed by atoms with E-state index in [4.69, 9.17) is 4.52 Å². The summed E-state index contributed by atoms with van der Waals surface area (Å²) in [5, 5.41) is 4.07. The maximum atomic E-state index is 13.1. The van der Waals surface area contributed by atoms with Gasteiger partial charge >= 0.3 is 0 Å². The zero-order valence-electron chi connectivity index (χ0n) is 16.0. The largest absolute Gasteiger partial charge is 0.361 e. The third kappa shape index (κ3) is 3.27. The number of fused-ring (bicyclic) bond motifs is 3. The first kappa shape index (κ1) is 17.6. The number of hydrogen-bond acceptors (Lipinski definition) is 5. The zero-order valence-corrected chi connectivity index (χ0v) is 16.8. The lowest BCUT2D eigenvalue weighted by molar-refractivity contribution is 0.0630. The van der Waals surface area contributed by atoms with E-state index in [-0.39, 0.29) is 5.91 Å². The van der Waals surface area contributed by atoms with Gasteiger partial charge in [-0.05, 0) is 42.5 Å². The van der Waals surface area contributed by atoms with E-state index >= 15 is 0 Å². The number of nitrogens with zero attached hydrogens (tertiary/aromatic N) is 3. The molecule has 0 radical (unpaired) electrons. The number of piperazine rings is 1. The molecule has 3 aromatic rings. The Hall–Kier alpha value is -2.44. The van der Waals surface area contributed by atoms with Crippen molar-refractivity contribution in [2.45, 2.75) is 26.3 Å². The van der Waals surface area contributed by atoms with Crippen LogP contribution in [0.25, 0.3) is 10.4 Å². The topological polar surface area (TPSA) is 49.6 Å². The summed E-state index contributed by atoms with van der Waals surface area (Å²) in [6, 6.07) is 12.7. The molecule has 0 bridgehead atoms. The number of amides is 1. The number of rotatable bonds is 3. The second-order valence-corrected chi connectivity index (χ2v) is 8.67. The molecule has 1 fully saturated rings. The first-order valence-electron chi connectivity index (χ1n) is 9.82. The van der Waals surface area contributed by atoms with Gasteiger partial charge in [0.05, 0.1) is 10.6 Å². The fourth-order valence-electron chi connectivity index (χ4n) is 4.16. The average molecular weight is 394 g/mol. The summed E-state index contributed by atoms with van der Waals surface area (Å²) in [6.45, 7) is 5.94. The summed E-state index contributed by atoms with van der Waals surface area (Å²) in [4.78, 5) is 19.6. The molecule has 0 saturated carbocycles. The van der Waals surface area contributed by atoms with Crippen molar-refractivity contribution in [1.82, 2.24) is 15.0 Å². The second-order valence-electron chi connectivity index (χ2n) is 7.62. The molecule has 0 atom stereocenters. The van der Waals surface area contributed by atoms with E-state index in [0.29, 0.717) is 0 Å². The standard InChI is InChI=1S/C22H23N3O2S/c1-15-12-18(23-27-15)14-24-8-10-25(11-9-24)22(26)20-13-17-7-6-16-4-2-3-5-19(16)21(17)28-20/h2-5,12-13H,6-11,14H2,1H3. The monoisotopic (exact) mass is 393 g/mol. The first-order valence-corrected chi connectivity index (χ1v) is 10.6.